The van der Waals surface area contributed by atoms with Crippen molar-refractivity contribution >= 4 is 27.7 Å². The van der Waals surface area contributed by atoms with Gasteiger partial charge in [-0.2, -0.15) is 0 Å². The monoisotopic (exact) mass is 539 g/mol. The highest BCUT2D eigenvalue weighted by Crippen LogP contribution is 2.47. The van der Waals surface area contributed by atoms with Crippen LogP contribution < -0.4 is 14.8 Å². The lowest BCUT2D eigenvalue weighted by atomic mass is 9.71. The van der Waals surface area contributed by atoms with Crippen molar-refractivity contribution in [3.8, 4) is 11.5 Å². The summed E-state index contributed by atoms with van der Waals surface area (Å²) in [6, 6.07) is 13.5. The highest BCUT2D eigenvalue weighted by Gasteiger charge is 2.42. The number of dihydropyridines is 1. The van der Waals surface area contributed by atoms with Crippen LogP contribution in [0.1, 0.15) is 56.1 Å². The van der Waals surface area contributed by atoms with Crippen molar-refractivity contribution in [1.29, 1.82) is 0 Å². The summed E-state index contributed by atoms with van der Waals surface area (Å²) >= 11 is 3.64. The second kappa shape index (κ2) is 10.7. The molecule has 0 fully saturated rings. The number of methoxy groups -OCH3 is 2. The number of allylic oxidation sites excluding steroid dienone is 3. The SMILES string of the molecule is CCCOC(=O)C1=C(C)NC2=C(C(=O)C[C@H](c3ccc(OC)c(OC)c3)C2)[C@H]1c1ccccc1Br. The number of rotatable bonds is 7. The molecule has 0 saturated carbocycles. The molecule has 6 nitrogen and oxygen atoms in total. The van der Waals surface area contributed by atoms with Crippen LogP contribution in [0, 0.1) is 0 Å². The van der Waals surface area contributed by atoms with E-state index in [0.29, 0.717) is 47.8 Å². The molecular formula is C28H30BrNO5. The summed E-state index contributed by atoms with van der Waals surface area (Å²) in [5.41, 5.74) is 4.58. The van der Waals surface area contributed by atoms with Gasteiger partial charge in [-0.25, -0.2) is 4.79 Å². The minimum Gasteiger partial charge on any atom is -0.493 e. The van der Waals surface area contributed by atoms with Gasteiger partial charge in [-0.1, -0.05) is 47.1 Å². The Morgan fingerprint density at radius 1 is 1.09 bits per heavy atom. The smallest absolute Gasteiger partial charge is 0.336 e. The fraction of sp³-hybridized carbons (Fsp3) is 0.357. The molecule has 7 heteroatoms. The van der Waals surface area contributed by atoms with Crippen LogP contribution in [0.2, 0.25) is 0 Å². The van der Waals surface area contributed by atoms with Crippen LogP contribution in [0.15, 0.2) is 69.5 Å². The van der Waals surface area contributed by atoms with E-state index in [2.05, 4.69) is 21.2 Å². The molecule has 184 valence electrons. The third-order valence-corrected chi connectivity index (χ3v) is 7.30. The number of nitrogens with one attached hydrogen (secondary N) is 1. The number of Topliss-reactive ketones (excluding diaryl/α,β-unsaturated/α-hetero) is 1. The van der Waals surface area contributed by atoms with E-state index >= 15 is 0 Å². The van der Waals surface area contributed by atoms with Crippen LogP contribution in [-0.2, 0) is 14.3 Å². The molecule has 2 aromatic carbocycles. The number of benzene rings is 2. The van der Waals surface area contributed by atoms with Crippen LogP contribution in [0.3, 0.4) is 0 Å². The molecule has 2 aliphatic rings. The van der Waals surface area contributed by atoms with Gasteiger partial charge in [0.1, 0.15) is 0 Å². The third-order valence-electron chi connectivity index (χ3n) is 6.58. The predicted octanol–water partition coefficient (Wildman–Crippen LogP) is 5.78. The zero-order valence-corrected chi connectivity index (χ0v) is 22.0. The van der Waals surface area contributed by atoms with Crippen molar-refractivity contribution in [3.63, 3.8) is 0 Å². The zero-order valence-electron chi connectivity index (χ0n) is 20.4. The molecule has 0 aromatic heterocycles. The number of esters is 1. The van der Waals surface area contributed by atoms with Gasteiger partial charge in [0, 0.05) is 33.8 Å². The molecule has 1 aliphatic carbocycles. The number of hydrogen-bond donors (Lipinski definition) is 1. The Morgan fingerprint density at radius 2 is 1.83 bits per heavy atom. The standard InChI is InChI=1S/C28H30BrNO5/c1-5-12-35-28(32)25-16(2)30-21-13-18(17-10-11-23(33-3)24(15-17)34-4)14-22(31)27(21)26(25)19-8-6-7-9-20(19)29/h6-11,15,18,26,30H,5,12-14H2,1-4H3/t18-,26+/m1/s1. The number of hydrogen-bond acceptors (Lipinski definition) is 6. The normalized spacial score (nSPS) is 19.7. The van der Waals surface area contributed by atoms with E-state index in [1.165, 1.54) is 0 Å². The van der Waals surface area contributed by atoms with E-state index in [1.54, 1.807) is 14.2 Å². The lowest BCUT2D eigenvalue weighted by Crippen LogP contribution is -2.36. The van der Waals surface area contributed by atoms with Crippen molar-refractivity contribution in [3.05, 3.63) is 80.6 Å². The second-order valence-corrected chi connectivity index (χ2v) is 9.64. The molecule has 0 spiro atoms. The molecule has 1 N–H and O–H groups in total. The first-order valence-corrected chi connectivity index (χ1v) is 12.6. The summed E-state index contributed by atoms with van der Waals surface area (Å²) in [7, 11) is 3.21. The Balaban J connectivity index is 1.77. The molecule has 2 aromatic rings. The summed E-state index contributed by atoms with van der Waals surface area (Å²) in [6.07, 6.45) is 1.71. The number of ketones is 1. The fourth-order valence-corrected chi connectivity index (χ4v) is 5.46. The first-order valence-electron chi connectivity index (χ1n) is 11.8. The average Bonchev–Trinajstić information content (AvgIpc) is 2.86. The molecule has 0 radical (unpaired) electrons. The molecule has 1 heterocycles. The lowest BCUT2D eigenvalue weighted by Gasteiger charge is -2.37. The Morgan fingerprint density at radius 3 is 2.51 bits per heavy atom. The Labute approximate surface area is 214 Å². The van der Waals surface area contributed by atoms with Gasteiger partial charge < -0.3 is 19.5 Å². The molecule has 4 rings (SSSR count). The molecule has 0 unspecified atom stereocenters. The molecule has 1 aliphatic heterocycles. The molecule has 0 bridgehead atoms. The van der Waals surface area contributed by atoms with Gasteiger partial charge in [0.05, 0.1) is 26.4 Å². The second-order valence-electron chi connectivity index (χ2n) is 8.79. The van der Waals surface area contributed by atoms with Gasteiger partial charge in [-0.15, -0.1) is 0 Å². The van der Waals surface area contributed by atoms with E-state index in [-0.39, 0.29) is 17.7 Å². The van der Waals surface area contributed by atoms with Crippen molar-refractivity contribution in [2.45, 2.75) is 44.9 Å². The van der Waals surface area contributed by atoms with Crippen LogP contribution in [0.25, 0.3) is 0 Å². The van der Waals surface area contributed by atoms with Crippen molar-refractivity contribution in [2.24, 2.45) is 0 Å². The van der Waals surface area contributed by atoms with Gasteiger partial charge in [0.15, 0.2) is 17.3 Å². The minimum absolute atomic E-state index is 0.0187. The Bertz CT molecular complexity index is 1220. The van der Waals surface area contributed by atoms with Crippen LogP contribution in [0.5, 0.6) is 11.5 Å². The van der Waals surface area contributed by atoms with Gasteiger partial charge in [-0.3, -0.25) is 4.79 Å². The summed E-state index contributed by atoms with van der Waals surface area (Å²) in [5, 5.41) is 3.39. The Hall–Kier alpha value is -3.06. The zero-order chi connectivity index (χ0) is 25.1. The van der Waals surface area contributed by atoms with Crippen molar-refractivity contribution in [1.82, 2.24) is 5.32 Å². The van der Waals surface area contributed by atoms with Gasteiger partial charge in [-0.05, 0) is 55.0 Å². The van der Waals surface area contributed by atoms with E-state index in [4.69, 9.17) is 14.2 Å². The fourth-order valence-electron chi connectivity index (χ4n) is 4.94. The van der Waals surface area contributed by atoms with Crippen molar-refractivity contribution < 1.29 is 23.8 Å². The lowest BCUT2D eigenvalue weighted by molar-refractivity contribution is -0.139. The summed E-state index contributed by atoms with van der Waals surface area (Å²) in [6.45, 7) is 4.17. The summed E-state index contributed by atoms with van der Waals surface area (Å²) in [5.74, 6) is 0.403. The van der Waals surface area contributed by atoms with Crippen LogP contribution in [-0.4, -0.2) is 32.6 Å². The third kappa shape index (κ3) is 4.87. The quantitative estimate of drug-likeness (QED) is 0.449. The largest absolute Gasteiger partial charge is 0.493 e. The number of halogens is 1. The molecule has 35 heavy (non-hydrogen) atoms. The Kier molecular flexibility index (Phi) is 7.65. The molecular weight excluding hydrogens is 510 g/mol. The van der Waals surface area contributed by atoms with Crippen LogP contribution in [0.4, 0.5) is 0 Å². The van der Waals surface area contributed by atoms with Gasteiger partial charge in [0.2, 0.25) is 0 Å². The maximum Gasteiger partial charge on any atom is 0.336 e. The van der Waals surface area contributed by atoms with E-state index in [9.17, 15) is 9.59 Å². The number of carbonyl (C=O) groups is 2. The van der Waals surface area contributed by atoms with E-state index in [0.717, 1.165) is 27.7 Å². The van der Waals surface area contributed by atoms with Gasteiger partial charge >= 0.3 is 5.97 Å². The molecule has 0 amide bonds. The van der Waals surface area contributed by atoms with E-state index < -0.39 is 5.92 Å². The van der Waals surface area contributed by atoms with E-state index in [1.807, 2.05) is 56.3 Å². The summed E-state index contributed by atoms with van der Waals surface area (Å²) in [4.78, 5) is 26.9. The minimum atomic E-state index is -0.495. The first kappa shape index (κ1) is 25.0. The maximum absolute atomic E-state index is 13.7. The molecule has 2 atom stereocenters. The highest BCUT2D eigenvalue weighted by molar-refractivity contribution is 9.10. The molecule has 0 saturated heterocycles. The summed E-state index contributed by atoms with van der Waals surface area (Å²) < 4.78 is 17.2. The van der Waals surface area contributed by atoms with Crippen molar-refractivity contribution in [2.75, 3.05) is 20.8 Å². The maximum atomic E-state index is 13.7. The number of ether oxygens (including phenoxy) is 3. The topological polar surface area (TPSA) is 73.9 Å². The van der Waals surface area contributed by atoms with Gasteiger partial charge in [0.25, 0.3) is 0 Å². The average molecular weight is 540 g/mol. The highest BCUT2D eigenvalue weighted by atomic mass is 79.9. The first-order chi connectivity index (χ1) is 16.9. The van der Waals surface area contributed by atoms with Crippen LogP contribution >= 0.6 is 15.9 Å². The number of carbonyl (C=O) groups excluding carboxylic acids is 2. The predicted molar refractivity (Wildman–Crippen MR) is 138 cm³/mol.